The van der Waals surface area contributed by atoms with Crippen LogP contribution < -0.4 is 0 Å². The molecule has 0 aromatic rings. The van der Waals surface area contributed by atoms with Crippen molar-refractivity contribution < 1.29 is 14.3 Å². The van der Waals surface area contributed by atoms with Crippen LogP contribution in [0.2, 0.25) is 0 Å². The Morgan fingerprint density at radius 1 is 1.37 bits per heavy atom. The zero-order valence-electron chi connectivity index (χ0n) is 12.1. The molecule has 0 saturated carbocycles. The summed E-state index contributed by atoms with van der Waals surface area (Å²) in [6.45, 7) is 9.16. The van der Waals surface area contributed by atoms with Gasteiger partial charge in [0.15, 0.2) is 0 Å². The number of alkyl halides is 1. The molecule has 110 valence electrons. The summed E-state index contributed by atoms with van der Waals surface area (Å²) in [5.74, 6) is 0.685. The fourth-order valence-corrected chi connectivity index (χ4v) is 4.09. The molecule has 2 rings (SSSR count). The molecule has 5 heteroatoms. The zero-order valence-corrected chi connectivity index (χ0v) is 14.2. The van der Waals surface area contributed by atoms with Crippen molar-refractivity contribution in [2.24, 2.45) is 11.3 Å². The molecule has 0 spiro atoms. The quantitative estimate of drug-likeness (QED) is 0.545. The third kappa shape index (κ3) is 3.54. The fraction of sp³-hybridized carbons (Fsp3) is 0.929. The molecule has 2 aliphatic rings. The topological polar surface area (TPSA) is 38.8 Å². The average Bonchev–Trinajstić information content (AvgIpc) is 2.25. The maximum Gasteiger partial charge on any atom is 0.410 e. The summed E-state index contributed by atoms with van der Waals surface area (Å²) in [6.07, 6.45) is 1.98. The molecule has 2 fully saturated rings. The van der Waals surface area contributed by atoms with Crippen molar-refractivity contribution in [3.8, 4) is 0 Å². The third-order valence-corrected chi connectivity index (χ3v) is 5.70. The van der Waals surface area contributed by atoms with Crippen LogP contribution in [-0.4, -0.2) is 47.3 Å². The number of ether oxygens (including phenoxy) is 2. The number of carbonyl (C=O) groups is 1. The molecule has 1 amide bonds. The lowest BCUT2D eigenvalue weighted by Crippen LogP contribution is -2.52. The summed E-state index contributed by atoms with van der Waals surface area (Å²) in [4.78, 5) is 13.9. The van der Waals surface area contributed by atoms with E-state index in [-0.39, 0.29) is 6.09 Å². The molecule has 19 heavy (non-hydrogen) atoms. The van der Waals surface area contributed by atoms with Gasteiger partial charge in [0, 0.05) is 23.4 Å². The highest BCUT2D eigenvalue weighted by atomic mass is 127. The molecular weight excluding hydrogens is 357 g/mol. The van der Waals surface area contributed by atoms with Crippen LogP contribution in [0, 0.1) is 11.3 Å². The van der Waals surface area contributed by atoms with Crippen molar-refractivity contribution in [1.82, 2.24) is 4.90 Å². The number of amides is 1. The molecule has 0 radical (unpaired) electrons. The van der Waals surface area contributed by atoms with E-state index in [1.54, 1.807) is 0 Å². The van der Waals surface area contributed by atoms with Crippen molar-refractivity contribution in [1.29, 1.82) is 0 Å². The minimum absolute atomic E-state index is 0.167. The van der Waals surface area contributed by atoms with Gasteiger partial charge in [0.05, 0.1) is 13.2 Å². The van der Waals surface area contributed by atoms with Crippen molar-refractivity contribution >= 4 is 28.7 Å². The Hall–Kier alpha value is -0.0400. The minimum atomic E-state index is -0.406. The minimum Gasteiger partial charge on any atom is -0.444 e. The van der Waals surface area contributed by atoms with Crippen LogP contribution in [0.5, 0.6) is 0 Å². The van der Waals surface area contributed by atoms with E-state index in [1.807, 2.05) is 25.7 Å². The molecule has 4 nitrogen and oxygen atoms in total. The standard InChI is InChI=1S/C14H24INO3/c1-13(2,3)19-12(17)16-6-4-14(10-15,5-7-16)11-8-18-9-11/h11H,4-10H2,1-3H3. The van der Waals surface area contributed by atoms with Gasteiger partial charge >= 0.3 is 6.09 Å². The first kappa shape index (κ1) is 15.4. The van der Waals surface area contributed by atoms with Gasteiger partial charge < -0.3 is 14.4 Å². The summed E-state index contributed by atoms with van der Waals surface area (Å²) in [7, 11) is 0. The summed E-state index contributed by atoms with van der Waals surface area (Å²) < 4.78 is 11.9. The van der Waals surface area contributed by atoms with Crippen LogP contribution in [-0.2, 0) is 9.47 Å². The van der Waals surface area contributed by atoms with Crippen LogP contribution in [0.25, 0.3) is 0 Å². The Morgan fingerprint density at radius 2 is 1.95 bits per heavy atom. The van der Waals surface area contributed by atoms with Crippen LogP contribution in [0.4, 0.5) is 4.79 Å². The van der Waals surface area contributed by atoms with Crippen LogP contribution in [0.3, 0.4) is 0 Å². The van der Waals surface area contributed by atoms with Crippen molar-refractivity contribution in [2.75, 3.05) is 30.7 Å². The van der Waals surface area contributed by atoms with E-state index in [0.717, 1.165) is 43.6 Å². The normalized spacial score (nSPS) is 23.9. The lowest BCUT2D eigenvalue weighted by Gasteiger charge is -2.48. The number of rotatable bonds is 2. The van der Waals surface area contributed by atoms with Gasteiger partial charge in [0.1, 0.15) is 5.60 Å². The first-order valence-electron chi connectivity index (χ1n) is 6.98. The lowest BCUT2D eigenvalue weighted by atomic mass is 9.69. The smallest absolute Gasteiger partial charge is 0.410 e. The second-order valence-electron chi connectivity index (χ2n) is 6.70. The molecule has 0 bridgehead atoms. The van der Waals surface area contributed by atoms with E-state index < -0.39 is 5.60 Å². The second kappa shape index (κ2) is 5.76. The molecule has 0 N–H and O–H groups in total. The Bertz CT molecular complexity index is 328. The first-order chi connectivity index (χ1) is 8.86. The predicted octanol–water partition coefficient (Wildman–Crippen LogP) is 3.09. The molecular formula is C14H24INO3. The fourth-order valence-electron chi connectivity index (χ4n) is 2.70. The van der Waals surface area contributed by atoms with Gasteiger partial charge in [0.2, 0.25) is 0 Å². The number of likely N-dealkylation sites (tertiary alicyclic amines) is 1. The summed E-state index contributed by atoms with van der Waals surface area (Å²) in [5, 5.41) is 0. The Labute approximate surface area is 129 Å². The largest absolute Gasteiger partial charge is 0.444 e. The van der Waals surface area contributed by atoms with Gasteiger partial charge in [-0.2, -0.15) is 0 Å². The summed E-state index contributed by atoms with van der Waals surface area (Å²) >= 11 is 2.49. The van der Waals surface area contributed by atoms with Crippen LogP contribution >= 0.6 is 22.6 Å². The highest BCUT2D eigenvalue weighted by molar-refractivity contribution is 14.1. The maximum atomic E-state index is 12.0. The van der Waals surface area contributed by atoms with Crippen LogP contribution in [0.1, 0.15) is 33.6 Å². The molecule has 0 aromatic carbocycles. The Balaban J connectivity index is 1.89. The second-order valence-corrected chi connectivity index (χ2v) is 7.46. The van der Waals surface area contributed by atoms with E-state index in [1.165, 1.54) is 0 Å². The number of hydrogen-bond acceptors (Lipinski definition) is 3. The van der Waals surface area contributed by atoms with Gasteiger partial charge in [0.25, 0.3) is 0 Å². The molecule has 0 unspecified atom stereocenters. The van der Waals surface area contributed by atoms with Crippen molar-refractivity contribution in [3.05, 3.63) is 0 Å². The first-order valence-corrected chi connectivity index (χ1v) is 8.50. The van der Waals surface area contributed by atoms with E-state index in [9.17, 15) is 4.79 Å². The average molecular weight is 381 g/mol. The highest BCUT2D eigenvalue weighted by Crippen LogP contribution is 2.44. The maximum absolute atomic E-state index is 12.0. The van der Waals surface area contributed by atoms with E-state index >= 15 is 0 Å². The van der Waals surface area contributed by atoms with Gasteiger partial charge in [-0.15, -0.1) is 0 Å². The number of nitrogens with zero attached hydrogens (tertiary/aromatic N) is 1. The van der Waals surface area contributed by atoms with E-state index in [4.69, 9.17) is 9.47 Å². The Kier molecular flexibility index (Phi) is 4.65. The Morgan fingerprint density at radius 3 is 2.32 bits per heavy atom. The van der Waals surface area contributed by atoms with Gasteiger partial charge in [-0.25, -0.2) is 4.79 Å². The number of carbonyl (C=O) groups excluding carboxylic acids is 1. The van der Waals surface area contributed by atoms with Crippen molar-refractivity contribution in [2.45, 2.75) is 39.2 Å². The number of piperidine rings is 1. The molecule has 0 aliphatic carbocycles. The summed E-state index contributed by atoms with van der Waals surface area (Å²) in [5.41, 5.74) is -0.0337. The molecule has 0 aromatic heterocycles. The molecule has 0 atom stereocenters. The third-order valence-electron chi connectivity index (χ3n) is 4.18. The predicted molar refractivity (Wildman–Crippen MR) is 82.7 cm³/mol. The monoisotopic (exact) mass is 381 g/mol. The van der Waals surface area contributed by atoms with Gasteiger partial charge in [-0.1, -0.05) is 22.6 Å². The lowest BCUT2D eigenvalue weighted by molar-refractivity contribution is -0.107. The number of halogens is 1. The summed E-state index contributed by atoms with van der Waals surface area (Å²) in [6, 6.07) is 0. The number of hydrogen-bond donors (Lipinski definition) is 0. The van der Waals surface area contributed by atoms with Crippen LogP contribution in [0.15, 0.2) is 0 Å². The van der Waals surface area contributed by atoms with E-state index in [0.29, 0.717) is 11.3 Å². The van der Waals surface area contributed by atoms with Crippen molar-refractivity contribution in [3.63, 3.8) is 0 Å². The van der Waals surface area contributed by atoms with Gasteiger partial charge in [-0.05, 0) is 39.0 Å². The van der Waals surface area contributed by atoms with E-state index in [2.05, 4.69) is 22.6 Å². The molecule has 2 saturated heterocycles. The molecule has 2 aliphatic heterocycles. The highest BCUT2D eigenvalue weighted by Gasteiger charge is 2.45. The molecule has 2 heterocycles. The SMILES string of the molecule is CC(C)(C)OC(=O)N1CCC(CI)(C2COC2)CC1. The van der Waals surface area contributed by atoms with Gasteiger partial charge in [-0.3, -0.25) is 0 Å². The zero-order chi connectivity index (χ0) is 14.1.